The van der Waals surface area contributed by atoms with Crippen LogP contribution in [-0.2, 0) is 4.87 Å². The molecule has 0 aliphatic rings. The molecular weight excluding hydrogens is 275 g/mol. The molecule has 100 valence electrons. The third-order valence-electron chi connectivity index (χ3n) is 3.61. The molecule has 0 aliphatic carbocycles. The molecule has 2 heteroatoms. The van der Waals surface area contributed by atoms with Crippen LogP contribution in [0.25, 0.3) is 0 Å². The highest BCUT2D eigenvalue weighted by molar-refractivity contribution is 6.27. The second-order valence-corrected chi connectivity index (χ2v) is 6.24. The van der Waals surface area contributed by atoms with Gasteiger partial charge < -0.3 is 0 Å². The molecule has 0 aliphatic heterocycles. The van der Waals surface area contributed by atoms with Gasteiger partial charge in [-0.2, -0.15) is 0 Å². The maximum atomic E-state index is 7.10. The van der Waals surface area contributed by atoms with Gasteiger partial charge in [0.2, 0.25) is 0 Å². The largest absolute Gasteiger partial charge is 0.126 e. The van der Waals surface area contributed by atoms with Gasteiger partial charge in [-0.05, 0) is 11.1 Å². The lowest BCUT2D eigenvalue weighted by atomic mass is 9.71. The van der Waals surface area contributed by atoms with Crippen LogP contribution in [0, 0.1) is 5.41 Å². The van der Waals surface area contributed by atoms with Gasteiger partial charge in [0, 0.05) is 11.3 Å². The fraction of sp³-hybridized carbons (Fsp3) is 0.294. The van der Waals surface area contributed by atoms with Gasteiger partial charge >= 0.3 is 0 Å². The minimum absolute atomic E-state index is 0.265. The second kappa shape index (κ2) is 5.56. The minimum atomic E-state index is -0.628. The van der Waals surface area contributed by atoms with Crippen molar-refractivity contribution >= 4 is 23.2 Å². The van der Waals surface area contributed by atoms with Crippen molar-refractivity contribution in [3.8, 4) is 0 Å². The second-order valence-electron chi connectivity index (χ2n) is 5.41. The number of benzene rings is 2. The van der Waals surface area contributed by atoms with E-state index in [1.165, 1.54) is 0 Å². The lowest BCUT2D eigenvalue weighted by molar-refractivity contribution is 0.323. The zero-order chi connectivity index (χ0) is 13.9. The SMILES string of the molecule is CC(C)(CCl)C(Cl)(c1ccccc1)c1ccccc1. The summed E-state index contributed by atoms with van der Waals surface area (Å²) in [5.41, 5.74) is 1.89. The highest BCUT2D eigenvalue weighted by Gasteiger charge is 2.45. The van der Waals surface area contributed by atoms with Crippen molar-refractivity contribution in [1.29, 1.82) is 0 Å². The standard InChI is InChI=1S/C17H18Cl2/c1-16(2,13-18)17(19,14-9-5-3-6-10-14)15-11-7-4-8-12-15/h3-12H,13H2,1-2H3. The molecule has 0 unspecified atom stereocenters. The number of hydrogen-bond acceptors (Lipinski definition) is 0. The Bertz CT molecular complexity index is 478. The van der Waals surface area contributed by atoms with Gasteiger partial charge in [0.05, 0.1) is 0 Å². The quantitative estimate of drug-likeness (QED) is 0.659. The first-order valence-corrected chi connectivity index (χ1v) is 7.29. The van der Waals surface area contributed by atoms with E-state index in [-0.39, 0.29) is 5.41 Å². The molecule has 0 atom stereocenters. The van der Waals surface area contributed by atoms with Crippen molar-refractivity contribution in [2.45, 2.75) is 18.7 Å². The smallest absolute Gasteiger partial charge is 0.101 e. The summed E-state index contributed by atoms with van der Waals surface area (Å²) in [6, 6.07) is 20.3. The van der Waals surface area contributed by atoms with Gasteiger partial charge in [-0.15, -0.1) is 23.2 Å². The molecule has 0 nitrogen and oxygen atoms in total. The summed E-state index contributed by atoms with van der Waals surface area (Å²) in [6.07, 6.45) is 0. The summed E-state index contributed by atoms with van der Waals surface area (Å²) in [6.45, 7) is 4.21. The predicted octanol–water partition coefficient (Wildman–Crippen LogP) is 5.43. The normalized spacial score (nSPS) is 12.4. The van der Waals surface area contributed by atoms with E-state index >= 15 is 0 Å². The Morgan fingerprint density at radius 1 is 0.789 bits per heavy atom. The topological polar surface area (TPSA) is 0 Å². The molecule has 0 saturated heterocycles. The van der Waals surface area contributed by atoms with E-state index in [4.69, 9.17) is 23.2 Å². The summed E-state index contributed by atoms with van der Waals surface area (Å²) >= 11 is 13.3. The Kier molecular flexibility index (Phi) is 4.23. The molecule has 0 spiro atoms. The Morgan fingerprint density at radius 2 is 1.16 bits per heavy atom. The molecule has 0 heterocycles. The minimum Gasteiger partial charge on any atom is -0.126 e. The maximum Gasteiger partial charge on any atom is 0.101 e. The van der Waals surface area contributed by atoms with Crippen LogP contribution < -0.4 is 0 Å². The molecule has 0 aromatic heterocycles. The van der Waals surface area contributed by atoms with Crippen molar-refractivity contribution < 1.29 is 0 Å². The van der Waals surface area contributed by atoms with Crippen LogP contribution in [0.4, 0.5) is 0 Å². The Labute approximate surface area is 125 Å². The molecule has 2 aromatic rings. The Morgan fingerprint density at radius 3 is 1.47 bits per heavy atom. The lowest BCUT2D eigenvalue weighted by Crippen LogP contribution is -2.39. The molecule has 2 rings (SSSR count). The number of rotatable bonds is 4. The molecule has 0 bridgehead atoms. The van der Waals surface area contributed by atoms with Crippen LogP contribution >= 0.6 is 23.2 Å². The molecule has 0 fully saturated rings. The highest BCUT2D eigenvalue weighted by Crippen LogP contribution is 2.50. The maximum absolute atomic E-state index is 7.10. The summed E-state index contributed by atoms with van der Waals surface area (Å²) < 4.78 is 0. The first-order valence-electron chi connectivity index (χ1n) is 6.38. The van der Waals surface area contributed by atoms with Crippen LogP contribution in [-0.4, -0.2) is 5.88 Å². The van der Waals surface area contributed by atoms with Crippen molar-refractivity contribution in [2.24, 2.45) is 5.41 Å². The summed E-state index contributed by atoms with van der Waals surface area (Å²) in [4.78, 5) is -0.628. The van der Waals surface area contributed by atoms with Gasteiger partial charge in [-0.3, -0.25) is 0 Å². The fourth-order valence-corrected chi connectivity index (χ4v) is 2.96. The average molecular weight is 293 g/mol. The third kappa shape index (κ3) is 2.52. The number of hydrogen-bond donors (Lipinski definition) is 0. The van der Waals surface area contributed by atoms with Gasteiger partial charge in [0.15, 0.2) is 0 Å². The summed E-state index contributed by atoms with van der Waals surface area (Å²) in [5.74, 6) is 0.486. The van der Waals surface area contributed by atoms with Crippen molar-refractivity contribution in [3.05, 3.63) is 71.8 Å². The van der Waals surface area contributed by atoms with Gasteiger partial charge in [0.1, 0.15) is 4.87 Å². The van der Waals surface area contributed by atoms with E-state index in [1.54, 1.807) is 0 Å². The zero-order valence-electron chi connectivity index (χ0n) is 11.2. The number of halogens is 2. The van der Waals surface area contributed by atoms with Crippen molar-refractivity contribution in [1.82, 2.24) is 0 Å². The summed E-state index contributed by atoms with van der Waals surface area (Å²) in [7, 11) is 0. The monoisotopic (exact) mass is 292 g/mol. The summed E-state index contributed by atoms with van der Waals surface area (Å²) in [5, 5.41) is 0. The molecule has 0 amide bonds. The van der Waals surface area contributed by atoms with E-state index < -0.39 is 4.87 Å². The first-order chi connectivity index (χ1) is 9.02. The van der Waals surface area contributed by atoms with Crippen LogP contribution in [0.3, 0.4) is 0 Å². The molecule has 0 saturated carbocycles. The van der Waals surface area contributed by atoms with E-state index in [1.807, 2.05) is 36.4 Å². The Balaban J connectivity index is 2.65. The van der Waals surface area contributed by atoms with Crippen LogP contribution in [0.1, 0.15) is 25.0 Å². The Hall–Kier alpha value is -0.980. The first kappa shape index (κ1) is 14.4. The van der Waals surface area contributed by atoms with Gasteiger partial charge in [0.25, 0.3) is 0 Å². The molecule has 2 aromatic carbocycles. The lowest BCUT2D eigenvalue weighted by Gasteiger charge is -2.42. The van der Waals surface area contributed by atoms with E-state index in [9.17, 15) is 0 Å². The zero-order valence-corrected chi connectivity index (χ0v) is 12.7. The number of alkyl halides is 2. The van der Waals surface area contributed by atoms with Crippen LogP contribution in [0.15, 0.2) is 60.7 Å². The molecular formula is C17H18Cl2. The average Bonchev–Trinajstić information content (AvgIpc) is 2.48. The predicted molar refractivity (Wildman–Crippen MR) is 84.0 cm³/mol. The highest BCUT2D eigenvalue weighted by atomic mass is 35.5. The van der Waals surface area contributed by atoms with Crippen molar-refractivity contribution in [2.75, 3.05) is 5.88 Å². The molecule has 19 heavy (non-hydrogen) atoms. The fourth-order valence-electron chi connectivity index (χ4n) is 2.38. The third-order valence-corrected chi connectivity index (χ3v) is 5.23. The molecule has 0 N–H and O–H groups in total. The van der Waals surface area contributed by atoms with E-state index in [0.29, 0.717) is 5.88 Å². The van der Waals surface area contributed by atoms with Gasteiger partial charge in [-0.1, -0.05) is 74.5 Å². The van der Waals surface area contributed by atoms with Crippen molar-refractivity contribution in [3.63, 3.8) is 0 Å². The van der Waals surface area contributed by atoms with E-state index in [2.05, 4.69) is 38.1 Å². The van der Waals surface area contributed by atoms with Crippen LogP contribution in [0.5, 0.6) is 0 Å². The van der Waals surface area contributed by atoms with E-state index in [0.717, 1.165) is 11.1 Å². The molecule has 0 radical (unpaired) electrons. The van der Waals surface area contributed by atoms with Crippen LogP contribution in [0.2, 0.25) is 0 Å². The van der Waals surface area contributed by atoms with Gasteiger partial charge in [-0.25, -0.2) is 0 Å².